The summed E-state index contributed by atoms with van der Waals surface area (Å²) in [5, 5.41) is 17.9. The van der Waals surface area contributed by atoms with Crippen LogP contribution in [0, 0.1) is 6.92 Å². The van der Waals surface area contributed by atoms with E-state index in [0.29, 0.717) is 6.54 Å². The fourth-order valence-corrected chi connectivity index (χ4v) is 1.72. The molecule has 0 saturated carbocycles. The minimum Gasteiger partial charge on any atom is -0.391 e. The van der Waals surface area contributed by atoms with Crippen LogP contribution in [-0.4, -0.2) is 30.8 Å². The second kappa shape index (κ2) is 4.09. The Labute approximate surface area is 94.3 Å². The summed E-state index contributed by atoms with van der Waals surface area (Å²) in [5.41, 5.74) is 2.95. The van der Waals surface area contributed by atoms with Crippen LogP contribution in [0.5, 0.6) is 0 Å². The number of aliphatic hydroxyl groups is 1. The fourth-order valence-electron chi connectivity index (χ4n) is 1.72. The van der Waals surface area contributed by atoms with Gasteiger partial charge in [0.1, 0.15) is 0 Å². The van der Waals surface area contributed by atoms with Gasteiger partial charge in [-0.15, -0.1) is 0 Å². The van der Waals surface area contributed by atoms with Gasteiger partial charge in [-0.2, -0.15) is 10.2 Å². The lowest BCUT2D eigenvalue weighted by Crippen LogP contribution is -2.13. The predicted octanol–water partition coefficient (Wildman–Crippen LogP) is 0.973. The van der Waals surface area contributed by atoms with Crippen molar-refractivity contribution in [3.05, 3.63) is 24.2 Å². The summed E-state index contributed by atoms with van der Waals surface area (Å²) < 4.78 is 3.57. The number of aromatic nitrogens is 4. The Morgan fingerprint density at radius 2 is 2.25 bits per heavy atom. The Morgan fingerprint density at radius 3 is 2.81 bits per heavy atom. The maximum Gasteiger partial charge on any atom is 0.0717 e. The minimum absolute atomic E-state index is 0.408. The summed E-state index contributed by atoms with van der Waals surface area (Å²) in [5.74, 6) is 0. The van der Waals surface area contributed by atoms with Gasteiger partial charge < -0.3 is 5.11 Å². The molecule has 0 aromatic carbocycles. The molecule has 0 aliphatic heterocycles. The van der Waals surface area contributed by atoms with E-state index in [9.17, 15) is 5.11 Å². The van der Waals surface area contributed by atoms with Crippen molar-refractivity contribution >= 4 is 0 Å². The van der Waals surface area contributed by atoms with Crippen LogP contribution in [0.4, 0.5) is 0 Å². The summed E-state index contributed by atoms with van der Waals surface area (Å²) >= 11 is 0. The maximum absolute atomic E-state index is 9.41. The molecule has 0 aliphatic rings. The SMILES string of the molecule is Cc1cc(-c2cnn(C)c2)n(CC(C)O)n1. The van der Waals surface area contributed by atoms with Gasteiger partial charge in [-0.3, -0.25) is 9.36 Å². The molecule has 2 rings (SSSR count). The first-order valence-corrected chi connectivity index (χ1v) is 5.28. The third-order valence-electron chi connectivity index (χ3n) is 2.34. The molecule has 0 saturated heterocycles. The van der Waals surface area contributed by atoms with Crippen molar-refractivity contribution in [3.63, 3.8) is 0 Å². The smallest absolute Gasteiger partial charge is 0.0717 e. The highest BCUT2D eigenvalue weighted by Gasteiger charge is 2.10. The Balaban J connectivity index is 2.39. The molecule has 0 amide bonds. The first-order valence-electron chi connectivity index (χ1n) is 5.28. The molecule has 2 heterocycles. The van der Waals surface area contributed by atoms with Crippen molar-refractivity contribution in [2.75, 3.05) is 0 Å². The second-order valence-corrected chi connectivity index (χ2v) is 4.10. The topological polar surface area (TPSA) is 55.9 Å². The normalized spacial score (nSPS) is 13.0. The van der Waals surface area contributed by atoms with Crippen molar-refractivity contribution in [1.29, 1.82) is 0 Å². The Hall–Kier alpha value is -1.62. The lowest BCUT2D eigenvalue weighted by molar-refractivity contribution is 0.169. The molecule has 1 N–H and O–H groups in total. The third-order valence-corrected chi connectivity index (χ3v) is 2.34. The fraction of sp³-hybridized carbons (Fsp3) is 0.455. The molecule has 1 atom stereocenters. The van der Waals surface area contributed by atoms with Crippen molar-refractivity contribution < 1.29 is 5.11 Å². The van der Waals surface area contributed by atoms with E-state index in [1.54, 1.807) is 17.8 Å². The van der Waals surface area contributed by atoms with E-state index in [0.717, 1.165) is 17.0 Å². The molecule has 0 aliphatic carbocycles. The predicted molar refractivity (Wildman–Crippen MR) is 60.8 cm³/mol. The molecule has 86 valence electrons. The van der Waals surface area contributed by atoms with Gasteiger partial charge in [0, 0.05) is 18.8 Å². The van der Waals surface area contributed by atoms with Crippen LogP contribution in [-0.2, 0) is 13.6 Å². The molecular weight excluding hydrogens is 204 g/mol. The quantitative estimate of drug-likeness (QED) is 0.838. The molecule has 0 bridgehead atoms. The molecule has 0 radical (unpaired) electrons. The summed E-state index contributed by atoms with van der Waals surface area (Å²) in [7, 11) is 1.88. The summed E-state index contributed by atoms with van der Waals surface area (Å²) in [6.45, 7) is 4.19. The van der Waals surface area contributed by atoms with Gasteiger partial charge >= 0.3 is 0 Å². The zero-order valence-corrected chi connectivity index (χ0v) is 9.75. The van der Waals surface area contributed by atoms with Crippen molar-refractivity contribution in [2.45, 2.75) is 26.5 Å². The number of aryl methyl sites for hydroxylation is 2. The van der Waals surface area contributed by atoms with Crippen LogP contribution in [0.25, 0.3) is 11.3 Å². The largest absolute Gasteiger partial charge is 0.391 e. The van der Waals surface area contributed by atoms with E-state index < -0.39 is 6.10 Å². The molecule has 16 heavy (non-hydrogen) atoms. The van der Waals surface area contributed by atoms with E-state index in [-0.39, 0.29) is 0 Å². The molecule has 2 aromatic heterocycles. The molecular formula is C11H16N4O. The molecule has 5 heteroatoms. The van der Waals surface area contributed by atoms with Gasteiger partial charge in [0.15, 0.2) is 0 Å². The van der Waals surface area contributed by atoms with E-state index in [4.69, 9.17) is 0 Å². The van der Waals surface area contributed by atoms with E-state index in [1.807, 2.05) is 30.9 Å². The lowest BCUT2D eigenvalue weighted by atomic mass is 10.2. The average molecular weight is 220 g/mol. The van der Waals surface area contributed by atoms with Crippen molar-refractivity contribution in [1.82, 2.24) is 19.6 Å². The van der Waals surface area contributed by atoms with Crippen molar-refractivity contribution in [3.8, 4) is 11.3 Å². The highest BCUT2D eigenvalue weighted by molar-refractivity contribution is 5.57. The second-order valence-electron chi connectivity index (χ2n) is 4.10. The van der Waals surface area contributed by atoms with Gasteiger partial charge in [-0.1, -0.05) is 0 Å². The van der Waals surface area contributed by atoms with Crippen LogP contribution in [0.15, 0.2) is 18.5 Å². The zero-order chi connectivity index (χ0) is 11.7. The lowest BCUT2D eigenvalue weighted by Gasteiger charge is -2.07. The molecule has 1 unspecified atom stereocenters. The monoisotopic (exact) mass is 220 g/mol. The van der Waals surface area contributed by atoms with Gasteiger partial charge in [0.05, 0.1) is 30.2 Å². The zero-order valence-electron chi connectivity index (χ0n) is 9.75. The number of rotatable bonds is 3. The number of nitrogens with zero attached hydrogens (tertiary/aromatic N) is 4. The van der Waals surface area contributed by atoms with Gasteiger partial charge in [-0.05, 0) is 19.9 Å². The minimum atomic E-state index is -0.408. The highest BCUT2D eigenvalue weighted by Crippen LogP contribution is 2.19. The first-order chi connectivity index (χ1) is 7.56. The van der Waals surface area contributed by atoms with E-state index in [1.165, 1.54) is 0 Å². The number of hydrogen-bond acceptors (Lipinski definition) is 3. The summed E-state index contributed by atoms with van der Waals surface area (Å²) in [6.07, 6.45) is 3.33. The van der Waals surface area contributed by atoms with E-state index in [2.05, 4.69) is 10.2 Å². The molecule has 0 spiro atoms. The van der Waals surface area contributed by atoms with Crippen molar-refractivity contribution in [2.24, 2.45) is 7.05 Å². The van der Waals surface area contributed by atoms with Crippen LogP contribution < -0.4 is 0 Å². The van der Waals surface area contributed by atoms with Crippen LogP contribution >= 0.6 is 0 Å². The number of aliphatic hydroxyl groups excluding tert-OH is 1. The molecule has 0 fully saturated rings. The van der Waals surface area contributed by atoms with Gasteiger partial charge in [0.2, 0.25) is 0 Å². The summed E-state index contributed by atoms with van der Waals surface area (Å²) in [4.78, 5) is 0. The van der Waals surface area contributed by atoms with Crippen LogP contribution in [0.2, 0.25) is 0 Å². The average Bonchev–Trinajstić information content (AvgIpc) is 2.72. The van der Waals surface area contributed by atoms with Crippen LogP contribution in [0.3, 0.4) is 0 Å². The number of hydrogen-bond donors (Lipinski definition) is 1. The van der Waals surface area contributed by atoms with Crippen LogP contribution in [0.1, 0.15) is 12.6 Å². The standard InChI is InChI=1S/C11H16N4O/c1-8-4-11(10-5-12-14(3)7-10)15(13-8)6-9(2)16/h4-5,7,9,16H,6H2,1-3H3. The van der Waals surface area contributed by atoms with Gasteiger partial charge in [0.25, 0.3) is 0 Å². The molecule has 5 nitrogen and oxygen atoms in total. The third kappa shape index (κ3) is 2.14. The first kappa shape index (κ1) is 10.9. The molecule has 2 aromatic rings. The van der Waals surface area contributed by atoms with E-state index >= 15 is 0 Å². The Kier molecular flexibility index (Phi) is 2.78. The Morgan fingerprint density at radius 1 is 1.50 bits per heavy atom. The Bertz CT molecular complexity index is 484. The van der Waals surface area contributed by atoms with Gasteiger partial charge in [-0.25, -0.2) is 0 Å². The summed E-state index contributed by atoms with van der Waals surface area (Å²) in [6, 6.07) is 2.00. The highest BCUT2D eigenvalue weighted by atomic mass is 16.3. The maximum atomic E-state index is 9.41.